The van der Waals surface area contributed by atoms with Crippen LogP contribution < -0.4 is 4.74 Å². The van der Waals surface area contributed by atoms with Crippen molar-refractivity contribution in [3.05, 3.63) is 46.6 Å². The van der Waals surface area contributed by atoms with Gasteiger partial charge >= 0.3 is 23.3 Å². The van der Waals surface area contributed by atoms with Crippen LogP contribution >= 0.6 is 0 Å². The van der Waals surface area contributed by atoms with Gasteiger partial charge < -0.3 is 8.86 Å². The highest BCUT2D eigenvalue weighted by Crippen LogP contribution is 2.55. The number of fused-ring (bicyclic) bond motifs is 1. The Labute approximate surface area is 185 Å². The molecule has 0 saturated heterocycles. The van der Waals surface area contributed by atoms with E-state index in [1.807, 2.05) is 0 Å². The molecule has 0 aliphatic carbocycles. The van der Waals surface area contributed by atoms with Crippen molar-refractivity contribution in [2.75, 3.05) is 13.2 Å². The lowest BCUT2D eigenvalue weighted by Gasteiger charge is -2.36. The third kappa shape index (κ3) is 5.18. The highest BCUT2D eigenvalue weighted by Gasteiger charge is 2.84. The second-order valence-electron chi connectivity index (χ2n) is 6.29. The van der Waals surface area contributed by atoms with Crippen molar-refractivity contribution in [2.24, 2.45) is 0 Å². The Morgan fingerprint density at radius 1 is 0.735 bits per heavy atom. The standard InChI is InChI=1S/C16H11F9NO6S2/c17-13(18,15(21,22)23)14(19,20)16(24,25)33(27,28)26-34(29,30)32-9-8-31-12-7-3-5-10-4-1-2-6-11(10)12/h1-7H,8-9H2/q-1. The smallest absolute Gasteiger partial charge is 0.460 e. The largest absolute Gasteiger partial charge is 0.490 e. The van der Waals surface area contributed by atoms with E-state index < -0.39 is 56.8 Å². The van der Waals surface area contributed by atoms with Gasteiger partial charge in [0.2, 0.25) is 10.3 Å². The molecule has 0 N–H and O–H groups in total. The van der Waals surface area contributed by atoms with Gasteiger partial charge in [-0.1, -0.05) is 36.4 Å². The lowest BCUT2D eigenvalue weighted by atomic mass is 10.1. The average Bonchev–Trinajstić information content (AvgIpc) is 2.69. The molecular weight excluding hydrogens is 537 g/mol. The van der Waals surface area contributed by atoms with Gasteiger partial charge in [0.1, 0.15) is 12.4 Å². The maximum absolute atomic E-state index is 13.5. The molecule has 0 unspecified atom stereocenters. The summed E-state index contributed by atoms with van der Waals surface area (Å²) in [5.41, 5.74) is 0. The number of rotatable bonds is 10. The highest BCUT2D eigenvalue weighted by molar-refractivity contribution is 8.10. The lowest BCUT2D eigenvalue weighted by Crippen LogP contribution is -2.63. The van der Waals surface area contributed by atoms with E-state index >= 15 is 0 Å². The number of hydrogen-bond donors (Lipinski definition) is 0. The predicted molar refractivity (Wildman–Crippen MR) is 97.5 cm³/mol. The second kappa shape index (κ2) is 9.04. The molecule has 18 heteroatoms. The lowest BCUT2D eigenvalue weighted by molar-refractivity contribution is -0.382. The number of hydrogen-bond acceptors (Lipinski definition) is 6. The van der Waals surface area contributed by atoms with Gasteiger partial charge in [-0.2, -0.15) is 39.5 Å². The Balaban J connectivity index is 2.11. The molecule has 0 saturated carbocycles. The first kappa shape index (κ1) is 27.9. The topological polar surface area (TPSA) is 101 Å². The molecule has 0 aromatic heterocycles. The van der Waals surface area contributed by atoms with Gasteiger partial charge in [-0.25, -0.2) is 16.8 Å². The molecule has 0 aliphatic rings. The number of benzene rings is 2. The number of ether oxygens (including phenoxy) is 1. The normalized spacial score (nSPS) is 14.4. The fourth-order valence-corrected chi connectivity index (χ4v) is 4.56. The molecule has 0 heterocycles. The predicted octanol–water partition coefficient (Wildman–Crippen LogP) is 4.61. The first-order valence-corrected chi connectivity index (χ1v) is 11.3. The van der Waals surface area contributed by atoms with Crippen molar-refractivity contribution in [1.82, 2.24) is 0 Å². The van der Waals surface area contributed by atoms with Crippen molar-refractivity contribution in [2.45, 2.75) is 23.3 Å². The fraction of sp³-hybridized carbons (Fsp3) is 0.375. The molecule has 34 heavy (non-hydrogen) atoms. The molecule has 0 aliphatic heterocycles. The molecule has 0 bridgehead atoms. The van der Waals surface area contributed by atoms with E-state index in [9.17, 15) is 56.3 Å². The SMILES string of the molecule is O=S(=O)([N-]S(=O)(=O)C(F)(F)C(F)(F)C(F)(F)C(F)(F)F)OCCOc1cccc2ccccc12. The van der Waals surface area contributed by atoms with Crippen molar-refractivity contribution >= 4 is 31.1 Å². The Hall–Kier alpha value is -2.31. The van der Waals surface area contributed by atoms with Crippen molar-refractivity contribution in [3.8, 4) is 5.75 Å². The molecule has 2 rings (SSSR count). The van der Waals surface area contributed by atoms with Crippen LogP contribution in [-0.4, -0.2) is 53.3 Å². The van der Waals surface area contributed by atoms with Gasteiger partial charge in [0.15, 0.2) is 10.0 Å². The van der Waals surface area contributed by atoms with Crippen molar-refractivity contribution in [3.63, 3.8) is 0 Å². The number of halogens is 9. The third-order valence-electron chi connectivity index (χ3n) is 3.95. The minimum atomic E-state index is -7.63. The molecule has 2 aromatic carbocycles. The molecule has 2 aromatic rings. The summed E-state index contributed by atoms with van der Waals surface area (Å²) in [4.78, 5) is 0. The summed E-state index contributed by atoms with van der Waals surface area (Å²) >= 11 is 0. The van der Waals surface area contributed by atoms with E-state index in [1.54, 1.807) is 30.3 Å². The first-order valence-electron chi connectivity index (χ1n) is 8.46. The monoisotopic (exact) mass is 548 g/mol. The summed E-state index contributed by atoms with van der Waals surface area (Å²) in [5.74, 6) is -15.0. The van der Waals surface area contributed by atoms with Crippen LogP contribution in [0.15, 0.2) is 42.5 Å². The summed E-state index contributed by atoms with van der Waals surface area (Å²) in [6, 6.07) is 11.2. The summed E-state index contributed by atoms with van der Waals surface area (Å²) < 4.78 is 171. The molecule has 7 nitrogen and oxygen atoms in total. The molecule has 192 valence electrons. The van der Waals surface area contributed by atoms with E-state index in [-0.39, 0.29) is 5.75 Å². The van der Waals surface area contributed by atoms with Gasteiger partial charge in [0.25, 0.3) is 0 Å². The Bertz CT molecular complexity index is 1240. The van der Waals surface area contributed by atoms with E-state index in [1.165, 1.54) is 16.3 Å². The van der Waals surface area contributed by atoms with Gasteiger partial charge in [-0.15, -0.1) is 0 Å². The van der Waals surface area contributed by atoms with Gasteiger partial charge in [-0.3, -0.25) is 4.18 Å². The minimum Gasteiger partial charge on any atom is -0.490 e. The van der Waals surface area contributed by atoms with Gasteiger partial charge in [-0.05, 0) is 11.5 Å². The van der Waals surface area contributed by atoms with Crippen LogP contribution in [0.25, 0.3) is 14.9 Å². The molecular formula is C16H11F9NO6S2-. The van der Waals surface area contributed by atoms with Gasteiger partial charge in [0, 0.05) is 5.39 Å². The average molecular weight is 548 g/mol. The summed E-state index contributed by atoms with van der Waals surface area (Å²) in [5, 5.41) is -6.07. The third-order valence-corrected chi connectivity index (χ3v) is 6.84. The summed E-state index contributed by atoms with van der Waals surface area (Å²) in [6.07, 6.45) is -7.32. The van der Waals surface area contributed by atoms with Crippen LogP contribution in [0.5, 0.6) is 5.75 Å². The maximum Gasteiger partial charge on any atom is 0.460 e. The summed E-state index contributed by atoms with van der Waals surface area (Å²) in [6.45, 7) is -1.83. The molecule has 0 radical (unpaired) electrons. The van der Waals surface area contributed by atoms with E-state index in [4.69, 9.17) is 4.74 Å². The van der Waals surface area contributed by atoms with Crippen LogP contribution in [0.2, 0.25) is 0 Å². The number of alkyl halides is 9. The number of sulfonamides is 1. The highest BCUT2D eigenvalue weighted by atomic mass is 32.3. The zero-order chi connectivity index (χ0) is 26.2. The molecule has 0 spiro atoms. The Kier molecular flexibility index (Phi) is 7.43. The zero-order valence-electron chi connectivity index (χ0n) is 16.1. The second-order valence-corrected chi connectivity index (χ2v) is 9.44. The first-order chi connectivity index (χ1) is 15.3. The number of nitrogens with zero attached hydrogens (tertiary/aromatic N) is 1. The van der Waals surface area contributed by atoms with Crippen LogP contribution in [0, 0.1) is 0 Å². The minimum absolute atomic E-state index is 0.171. The van der Waals surface area contributed by atoms with Crippen molar-refractivity contribution in [1.29, 1.82) is 0 Å². The fourth-order valence-electron chi connectivity index (χ4n) is 2.32. The van der Waals surface area contributed by atoms with Crippen LogP contribution in [0.1, 0.15) is 0 Å². The van der Waals surface area contributed by atoms with E-state index in [0.29, 0.717) is 10.8 Å². The molecule has 0 fully saturated rings. The van der Waals surface area contributed by atoms with Crippen LogP contribution in [0.3, 0.4) is 0 Å². The zero-order valence-corrected chi connectivity index (χ0v) is 17.7. The van der Waals surface area contributed by atoms with Gasteiger partial charge in [0.05, 0.1) is 6.61 Å². The van der Waals surface area contributed by atoms with E-state index in [2.05, 4.69) is 4.18 Å². The Morgan fingerprint density at radius 2 is 1.29 bits per heavy atom. The van der Waals surface area contributed by atoms with Crippen LogP contribution in [0.4, 0.5) is 39.5 Å². The molecule has 0 amide bonds. The summed E-state index contributed by atoms with van der Waals surface area (Å²) in [7, 11) is -13.6. The Morgan fingerprint density at radius 3 is 1.88 bits per heavy atom. The quantitative estimate of drug-likeness (QED) is 0.318. The van der Waals surface area contributed by atoms with Crippen LogP contribution in [-0.2, 0) is 24.5 Å². The molecule has 0 atom stereocenters. The maximum atomic E-state index is 13.5. The van der Waals surface area contributed by atoms with E-state index in [0.717, 1.165) is 0 Å². The van der Waals surface area contributed by atoms with Crippen molar-refractivity contribution < 1.29 is 65.3 Å².